The quantitative estimate of drug-likeness (QED) is 0.847. The van der Waals surface area contributed by atoms with Crippen LogP contribution in [-0.4, -0.2) is 7.05 Å². The van der Waals surface area contributed by atoms with Crippen molar-refractivity contribution in [3.8, 4) is 0 Å². The molecule has 2 nitrogen and oxygen atoms in total. The largest absolute Gasteiger partial charge is 0.472 e. The summed E-state index contributed by atoms with van der Waals surface area (Å²) in [7, 11) is 1.98. The number of furan rings is 1. The zero-order valence-electron chi connectivity index (χ0n) is 9.73. The van der Waals surface area contributed by atoms with E-state index in [-0.39, 0.29) is 0 Å². The Labute approximate surface area is 96.3 Å². The molecule has 0 aliphatic heterocycles. The van der Waals surface area contributed by atoms with Crippen molar-refractivity contribution in [3.63, 3.8) is 0 Å². The van der Waals surface area contributed by atoms with Crippen LogP contribution in [0.2, 0.25) is 0 Å². The Hall–Kier alpha value is -1.54. The van der Waals surface area contributed by atoms with Crippen LogP contribution in [0.4, 0.5) is 0 Å². The molecule has 0 aliphatic rings. The minimum absolute atomic E-state index is 0.321. The second-order valence-electron chi connectivity index (χ2n) is 4.09. The number of likely N-dealkylation sites (N-methyl/N-ethyl adjacent to an activating group) is 1. The molecule has 1 N–H and O–H groups in total. The van der Waals surface area contributed by atoms with Gasteiger partial charge in [0.2, 0.25) is 0 Å². The van der Waals surface area contributed by atoms with Crippen molar-refractivity contribution in [1.29, 1.82) is 0 Å². The first-order valence-electron chi connectivity index (χ1n) is 5.54. The van der Waals surface area contributed by atoms with Gasteiger partial charge in [-0.05, 0) is 32.0 Å². The molecule has 2 aromatic rings. The first kappa shape index (κ1) is 11.0. The van der Waals surface area contributed by atoms with Crippen molar-refractivity contribution in [2.75, 3.05) is 7.05 Å². The lowest BCUT2D eigenvalue weighted by atomic mass is 10.0. The van der Waals surface area contributed by atoms with Gasteiger partial charge in [0.05, 0.1) is 12.5 Å². The lowest BCUT2D eigenvalue weighted by molar-refractivity contribution is 0.542. The van der Waals surface area contributed by atoms with Gasteiger partial charge in [-0.1, -0.05) is 29.8 Å². The summed E-state index contributed by atoms with van der Waals surface area (Å²) in [5.41, 5.74) is 3.84. The molecule has 0 saturated carbocycles. The predicted molar refractivity (Wildman–Crippen MR) is 65.4 cm³/mol. The van der Waals surface area contributed by atoms with Crippen molar-refractivity contribution < 1.29 is 4.42 Å². The zero-order chi connectivity index (χ0) is 11.4. The smallest absolute Gasteiger partial charge is 0.0950 e. The van der Waals surface area contributed by atoms with E-state index in [1.165, 1.54) is 16.7 Å². The van der Waals surface area contributed by atoms with Gasteiger partial charge in [-0.3, -0.25) is 0 Å². The molecule has 0 fully saturated rings. The third kappa shape index (κ3) is 2.52. The zero-order valence-corrected chi connectivity index (χ0v) is 9.73. The highest BCUT2D eigenvalue weighted by Gasteiger charge is 2.10. The number of nitrogens with one attached hydrogen (secondary N) is 1. The standard InChI is InChI=1S/C14H17NO/c1-11-3-5-12(6-4-11)9-14(15-2)13-7-8-16-10-13/h3-8,10,14-15H,9H2,1-2H3. The highest BCUT2D eigenvalue weighted by Crippen LogP contribution is 2.18. The topological polar surface area (TPSA) is 25.2 Å². The van der Waals surface area contributed by atoms with E-state index in [0.29, 0.717) is 6.04 Å². The van der Waals surface area contributed by atoms with Crippen LogP contribution in [0, 0.1) is 6.92 Å². The second-order valence-corrected chi connectivity index (χ2v) is 4.09. The molecule has 0 radical (unpaired) electrons. The van der Waals surface area contributed by atoms with E-state index in [4.69, 9.17) is 4.42 Å². The molecular formula is C14H17NO. The van der Waals surface area contributed by atoms with Crippen molar-refractivity contribution in [1.82, 2.24) is 5.32 Å². The fraction of sp³-hybridized carbons (Fsp3) is 0.286. The molecule has 1 aromatic carbocycles. The van der Waals surface area contributed by atoms with Crippen LogP contribution < -0.4 is 5.32 Å². The van der Waals surface area contributed by atoms with E-state index in [1.807, 2.05) is 13.1 Å². The maximum Gasteiger partial charge on any atom is 0.0950 e. The molecule has 84 valence electrons. The molecule has 16 heavy (non-hydrogen) atoms. The highest BCUT2D eigenvalue weighted by molar-refractivity contribution is 5.24. The lowest BCUT2D eigenvalue weighted by Gasteiger charge is -2.14. The van der Waals surface area contributed by atoms with E-state index in [2.05, 4.69) is 36.5 Å². The van der Waals surface area contributed by atoms with E-state index < -0.39 is 0 Å². The maximum atomic E-state index is 5.11. The Kier molecular flexibility index (Phi) is 3.42. The molecule has 0 spiro atoms. The van der Waals surface area contributed by atoms with Crippen molar-refractivity contribution in [2.24, 2.45) is 0 Å². The summed E-state index contributed by atoms with van der Waals surface area (Å²) in [6.07, 6.45) is 4.50. The van der Waals surface area contributed by atoms with Gasteiger partial charge in [0.1, 0.15) is 0 Å². The van der Waals surface area contributed by atoms with Gasteiger partial charge in [0.25, 0.3) is 0 Å². The summed E-state index contributed by atoms with van der Waals surface area (Å²) in [6.45, 7) is 2.11. The summed E-state index contributed by atoms with van der Waals surface area (Å²) >= 11 is 0. The molecule has 1 atom stereocenters. The number of rotatable bonds is 4. The third-order valence-electron chi connectivity index (χ3n) is 2.85. The molecule has 0 amide bonds. The lowest BCUT2D eigenvalue weighted by Crippen LogP contribution is -2.18. The Morgan fingerprint density at radius 1 is 1.19 bits per heavy atom. The van der Waals surface area contributed by atoms with Gasteiger partial charge in [-0.15, -0.1) is 0 Å². The maximum absolute atomic E-state index is 5.11. The van der Waals surface area contributed by atoms with Gasteiger partial charge >= 0.3 is 0 Å². The van der Waals surface area contributed by atoms with Crippen LogP contribution in [0.3, 0.4) is 0 Å². The van der Waals surface area contributed by atoms with Crippen molar-refractivity contribution in [2.45, 2.75) is 19.4 Å². The van der Waals surface area contributed by atoms with Crippen LogP contribution in [0.25, 0.3) is 0 Å². The Balaban J connectivity index is 2.10. The number of hydrogen-bond acceptors (Lipinski definition) is 2. The molecule has 1 aromatic heterocycles. The normalized spacial score (nSPS) is 12.6. The molecule has 0 bridgehead atoms. The van der Waals surface area contributed by atoms with Gasteiger partial charge in [-0.2, -0.15) is 0 Å². The SMILES string of the molecule is CNC(Cc1ccc(C)cc1)c1ccoc1. The van der Waals surface area contributed by atoms with Gasteiger partial charge < -0.3 is 9.73 Å². The molecule has 0 saturated heterocycles. The van der Waals surface area contributed by atoms with Gasteiger partial charge in [0.15, 0.2) is 0 Å². The average molecular weight is 215 g/mol. The van der Waals surface area contributed by atoms with E-state index in [9.17, 15) is 0 Å². The van der Waals surface area contributed by atoms with Gasteiger partial charge in [-0.25, -0.2) is 0 Å². The molecule has 1 unspecified atom stereocenters. The third-order valence-corrected chi connectivity index (χ3v) is 2.85. The van der Waals surface area contributed by atoms with Crippen LogP contribution in [0.1, 0.15) is 22.7 Å². The number of hydrogen-bond donors (Lipinski definition) is 1. The van der Waals surface area contributed by atoms with Crippen LogP contribution in [-0.2, 0) is 6.42 Å². The fourth-order valence-corrected chi connectivity index (χ4v) is 1.82. The van der Waals surface area contributed by atoms with Crippen LogP contribution >= 0.6 is 0 Å². The average Bonchev–Trinajstić information content (AvgIpc) is 2.82. The summed E-state index contributed by atoms with van der Waals surface area (Å²) in [4.78, 5) is 0. The molecule has 1 heterocycles. The van der Waals surface area contributed by atoms with E-state index in [0.717, 1.165) is 6.42 Å². The molecule has 2 rings (SSSR count). The predicted octanol–water partition coefficient (Wildman–Crippen LogP) is 3.09. The number of benzene rings is 1. The molecule has 0 aliphatic carbocycles. The first-order valence-corrected chi connectivity index (χ1v) is 5.54. The summed E-state index contributed by atoms with van der Waals surface area (Å²) in [5.74, 6) is 0. The van der Waals surface area contributed by atoms with Gasteiger partial charge in [0, 0.05) is 11.6 Å². The molecule has 2 heteroatoms. The fourth-order valence-electron chi connectivity index (χ4n) is 1.82. The monoisotopic (exact) mass is 215 g/mol. The van der Waals surface area contributed by atoms with Crippen molar-refractivity contribution >= 4 is 0 Å². The summed E-state index contributed by atoms with van der Waals surface area (Å²) < 4.78 is 5.11. The number of aryl methyl sites for hydroxylation is 1. The van der Waals surface area contributed by atoms with Crippen LogP contribution in [0.5, 0.6) is 0 Å². The summed E-state index contributed by atoms with van der Waals surface area (Å²) in [6, 6.07) is 11.0. The summed E-state index contributed by atoms with van der Waals surface area (Å²) in [5, 5.41) is 3.31. The second kappa shape index (κ2) is 4.99. The highest BCUT2D eigenvalue weighted by atomic mass is 16.3. The minimum atomic E-state index is 0.321. The first-order chi connectivity index (χ1) is 7.79. The van der Waals surface area contributed by atoms with E-state index in [1.54, 1.807) is 12.5 Å². The van der Waals surface area contributed by atoms with E-state index >= 15 is 0 Å². The Morgan fingerprint density at radius 2 is 1.94 bits per heavy atom. The molecular weight excluding hydrogens is 198 g/mol. The minimum Gasteiger partial charge on any atom is -0.472 e. The Bertz CT molecular complexity index is 417. The van der Waals surface area contributed by atoms with Crippen LogP contribution in [0.15, 0.2) is 47.3 Å². The van der Waals surface area contributed by atoms with Crippen molar-refractivity contribution in [3.05, 3.63) is 59.5 Å². The Morgan fingerprint density at radius 3 is 2.50 bits per heavy atom.